The number of nitrogens with one attached hydrogen (secondary N) is 2. The summed E-state index contributed by atoms with van der Waals surface area (Å²) in [4.78, 5) is 12.1. The third-order valence-electron chi connectivity index (χ3n) is 3.30. The monoisotopic (exact) mass is 285 g/mol. The number of carbonyl (C=O) groups is 1. The van der Waals surface area contributed by atoms with Crippen LogP contribution < -0.4 is 21.1 Å². The highest BCUT2D eigenvalue weighted by molar-refractivity contribution is 6.01. The van der Waals surface area contributed by atoms with Gasteiger partial charge in [-0.15, -0.1) is 0 Å². The lowest BCUT2D eigenvalue weighted by atomic mass is 10.1. The number of ether oxygens (including phenoxy) is 1. The van der Waals surface area contributed by atoms with Gasteiger partial charge in [0.15, 0.2) is 0 Å². The fourth-order valence-corrected chi connectivity index (χ4v) is 2.01. The molecule has 0 heterocycles. The second kappa shape index (κ2) is 6.17. The van der Waals surface area contributed by atoms with Crippen LogP contribution >= 0.6 is 0 Å². The van der Waals surface area contributed by atoms with E-state index in [4.69, 9.17) is 10.5 Å². The topological polar surface area (TPSA) is 76.4 Å². The van der Waals surface area contributed by atoms with E-state index in [1.165, 1.54) is 0 Å². The van der Waals surface area contributed by atoms with Crippen molar-refractivity contribution in [3.05, 3.63) is 47.5 Å². The molecule has 0 saturated heterocycles. The van der Waals surface area contributed by atoms with E-state index in [0.29, 0.717) is 11.4 Å². The Morgan fingerprint density at radius 2 is 1.71 bits per heavy atom. The summed E-state index contributed by atoms with van der Waals surface area (Å²) in [5.74, 6) is 0.739. The molecule has 0 radical (unpaired) electrons. The molecule has 0 aliphatic carbocycles. The summed E-state index contributed by atoms with van der Waals surface area (Å²) < 4.78 is 5.07. The predicted molar refractivity (Wildman–Crippen MR) is 86.0 cm³/mol. The van der Waals surface area contributed by atoms with Gasteiger partial charge in [0.2, 0.25) is 0 Å². The molecule has 0 bridgehead atoms. The number of amides is 2. The van der Waals surface area contributed by atoms with Gasteiger partial charge < -0.3 is 21.1 Å². The molecule has 2 rings (SSSR count). The SMILES string of the molecule is COc1ccc(NC(=O)Nc2c(C)ccc(N)c2C)cc1. The van der Waals surface area contributed by atoms with Crippen LogP contribution in [0, 0.1) is 13.8 Å². The Hall–Kier alpha value is -2.69. The summed E-state index contributed by atoms with van der Waals surface area (Å²) in [5, 5.41) is 5.60. The quantitative estimate of drug-likeness (QED) is 0.755. The summed E-state index contributed by atoms with van der Waals surface area (Å²) in [6.45, 7) is 3.81. The minimum atomic E-state index is -0.308. The Bertz CT molecular complexity index is 651. The van der Waals surface area contributed by atoms with Crippen LogP contribution in [-0.2, 0) is 0 Å². The zero-order valence-electron chi connectivity index (χ0n) is 12.4. The lowest BCUT2D eigenvalue weighted by Crippen LogP contribution is -2.20. The number of rotatable bonds is 3. The van der Waals surface area contributed by atoms with Gasteiger partial charge in [-0.2, -0.15) is 0 Å². The molecule has 4 N–H and O–H groups in total. The maximum Gasteiger partial charge on any atom is 0.323 e. The van der Waals surface area contributed by atoms with Crippen LogP contribution in [0.3, 0.4) is 0 Å². The summed E-state index contributed by atoms with van der Waals surface area (Å²) in [7, 11) is 1.60. The third-order valence-corrected chi connectivity index (χ3v) is 3.30. The maximum absolute atomic E-state index is 12.1. The van der Waals surface area contributed by atoms with Gasteiger partial charge >= 0.3 is 6.03 Å². The number of benzene rings is 2. The largest absolute Gasteiger partial charge is 0.497 e. The Labute approximate surface area is 124 Å². The van der Waals surface area contributed by atoms with Gasteiger partial charge in [-0.1, -0.05) is 6.07 Å². The number of urea groups is 1. The smallest absolute Gasteiger partial charge is 0.323 e. The van der Waals surface area contributed by atoms with Gasteiger partial charge in [0.05, 0.1) is 12.8 Å². The number of methoxy groups -OCH3 is 1. The van der Waals surface area contributed by atoms with Gasteiger partial charge in [0, 0.05) is 11.4 Å². The standard InChI is InChI=1S/C16H19N3O2/c1-10-4-9-14(17)11(2)15(10)19-16(20)18-12-5-7-13(21-3)8-6-12/h4-9H,17H2,1-3H3,(H2,18,19,20). The van der Waals surface area contributed by atoms with Gasteiger partial charge in [-0.05, 0) is 55.3 Å². The Kier molecular flexibility index (Phi) is 4.33. The second-order valence-corrected chi connectivity index (χ2v) is 4.78. The molecule has 21 heavy (non-hydrogen) atoms. The highest BCUT2D eigenvalue weighted by Crippen LogP contribution is 2.25. The van der Waals surface area contributed by atoms with E-state index in [1.54, 1.807) is 31.4 Å². The van der Waals surface area contributed by atoms with Gasteiger partial charge in [0.25, 0.3) is 0 Å². The first-order valence-corrected chi connectivity index (χ1v) is 6.59. The van der Waals surface area contributed by atoms with E-state index in [0.717, 1.165) is 22.6 Å². The molecule has 2 aromatic rings. The van der Waals surface area contributed by atoms with Crippen molar-refractivity contribution < 1.29 is 9.53 Å². The number of aryl methyl sites for hydroxylation is 1. The van der Waals surface area contributed by atoms with Crippen molar-refractivity contribution in [2.45, 2.75) is 13.8 Å². The van der Waals surface area contributed by atoms with E-state index in [2.05, 4.69) is 10.6 Å². The van der Waals surface area contributed by atoms with Crippen molar-refractivity contribution in [1.29, 1.82) is 0 Å². The first-order valence-electron chi connectivity index (χ1n) is 6.59. The number of carbonyl (C=O) groups excluding carboxylic acids is 1. The van der Waals surface area contributed by atoms with E-state index in [-0.39, 0.29) is 6.03 Å². The number of nitrogen functional groups attached to an aromatic ring is 1. The minimum Gasteiger partial charge on any atom is -0.497 e. The van der Waals surface area contributed by atoms with Crippen LogP contribution in [0.25, 0.3) is 0 Å². The molecular formula is C16H19N3O2. The van der Waals surface area contributed by atoms with Crippen LogP contribution in [0.2, 0.25) is 0 Å². The van der Waals surface area contributed by atoms with Gasteiger partial charge in [-0.3, -0.25) is 0 Å². The van der Waals surface area contributed by atoms with E-state index >= 15 is 0 Å². The summed E-state index contributed by atoms with van der Waals surface area (Å²) >= 11 is 0. The van der Waals surface area contributed by atoms with Crippen molar-refractivity contribution in [1.82, 2.24) is 0 Å². The van der Waals surface area contributed by atoms with Crippen LogP contribution in [0.4, 0.5) is 21.9 Å². The van der Waals surface area contributed by atoms with Crippen LogP contribution in [0.15, 0.2) is 36.4 Å². The molecule has 0 aliphatic heterocycles. The molecule has 5 nitrogen and oxygen atoms in total. The zero-order chi connectivity index (χ0) is 15.4. The van der Waals surface area contributed by atoms with Crippen molar-refractivity contribution in [3.8, 4) is 5.75 Å². The molecule has 110 valence electrons. The molecule has 0 unspecified atom stereocenters. The fraction of sp³-hybridized carbons (Fsp3) is 0.188. The number of hydrogen-bond donors (Lipinski definition) is 3. The van der Waals surface area contributed by atoms with Crippen LogP contribution in [-0.4, -0.2) is 13.1 Å². The molecule has 0 aliphatic rings. The fourth-order valence-electron chi connectivity index (χ4n) is 2.01. The minimum absolute atomic E-state index is 0.308. The van der Waals surface area contributed by atoms with Crippen molar-refractivity contribution in [3.63, 3.8) is 0 Å². The van der Waals surface area contributed by atoms with E-state index in [1.807, 2.05) is 26.0 Å². The average Bonchev–Trinajstić information content (AvgIpc) is 2.48. The Balaban J connectivity index is 2.09. The van der Waals surface area contributed by atoms with Gasteiger partial charge in [-0.25, -0.2) is 4.79 Å². The Morgan fingerprint density at radius 1 is 1.05 bits per heavy atom. The molecule has 0 aromatic heterocycles. The number of anilines is 3. The van der Waals surface area contributed by atoms with Crippen LogP contribution in [0.5, 0.6) is 5.75 Å². The third kappa shape index (κ3) is 3.45. The molecule has 0 spiro atoms. The first-order chi connectivity index (χ1) is 10.0. The highest BCUT2D eigenvalue weighted by Gasteiger charge is 2.09. The molecule has 0 saturated carbocycles. The van der Waals surface area contributed by atoms with Gasteiger partial charge in [0.1, 0.15) is 5.75 Å². The Morgan fingerprint density at radius 3 is 2.33 bits per heavy atom. The molecular weight excluding hydrogens is 266 g/mol. The van der Waals surface area contributed by atoms with Crippen molar-refractivity contribution in [2.75, 3.05) is 23.5 Å². The molecule has 5 heteroatoms. The average molecular weight is 285 g/mol. The number of hydrogen-bond acceptors (Lipinski definition) is 3. The predicted octanol–water partition coefficient (Wildman–Crippen LogP) is 3.54. The summed E-state index contributed by atoms with van der Waals surface area (Å²) in [6.07, 6.45) is 0. The lowest BCUT2D eigenvalue weighted by molar-refractivity contribution is 0.262. The zero-order valence-corrected chi connectivity index (χ0v) is 12.4. The second-order valence-electron chi connectivity index (χ2n) is 4.78. The summed E-state index contributed by atoms with van der Waals surface area (Å²) in [5.41, 5.74) is 9.77. The molecule has 0 atom stereocenters. The van der Waals surface area contributed by atoms with Crippen molar-refractivity contribution >= 4 is 23.1 Å². The summed E-state index contributed by atoms with van der Waals surface area (Å²) in [6, 6.07) is 10.5. The maximum atomic E-state index is 12.1. The first kappa shape index (κ1) is 14.7. The van der Waals surface area contributed by atoms with Crippen LogP contribution in [0.1, 0.15) is 11.1 Å². The molecule has 0 fully saturated rings. The normalized spacial score (nSPS) is 10.0. The molecule has 2 amide bonds. The highest BCUT2D eigenvalue weighted by atomic mass is 16.5. The lowest BCUT2D eigenvalue weighted by Gasteiger charge is -2.14. The molecule has 2 aromatic carbocycles. The van der Waals surface area contributed by atoms with E-state index < -0.39 is 0 Å². The van der Waals surface area contributed by atoms with E-state index in [9.17, 15) is 4.79 Å². The number of nitrogens with two attached hydrogens (primary N) is 1. The van der Waals surface area contributed by atoms with Crippen molar-refractivity contribution in [2.24, 2.45) is 0 Å².